The molecule has 0 bridgehead atoms. The van der Waals surface area contributed by atoms with Crippen molar-refractivity contribution in [2.24, 2.45) is 17.3 Å². The fourth-order valence-electron chi connectivity index (χ4n) is 3.44. The van der Waals surface area contributed by atoms with E-state index >= 15 is 0 Å². The molecule has 1 saturated carbocycles. The Morgan fingerprint density at radius 3 is 2.29 bits per heavy atom. The van der Waals surface area contributed by atoms with Gasteiger partial charge in [-0.15, -0.1) is 0 Å². The maximum atomic E-state index is 10.6. The molecular formula is C18H27ClO2. The van der Waals surface area contributed by atoms with Gasteiger partial charge in [0.15, 0.2) is 0 Å². The van der Waals surface area contributed by atoms with E-state index in [1.54, 1.807) is 7.11 Å². The Labute approximate surface area is 133 Å². The number of halogens is 1. The molecule has 21 heavy (non-hydrogen) atoms. The zero-order valence-electron chi connectivity index (χ0n) is 13.5. The van der Waals surface area contributed by atoms with E-state index in [2.05, 4.69) is 20.8 Å². The number of hydrogen-bond donors (Lipinski definition) is 1. The minimum Gasteiger partial charge on any atom is -0.495 e. The first-order valence-electron chi connectivity index (χ1n) is 7.84. The average molecular weight is 311 g/mol. The van der Waals surface area contributed by atoms with Crippen LogP contribution in [0.15, 0.2) is 18.2 Å². The molecule has 0 saturated heterocycles. The van der Waals surface area contributed by atoms with E-state index in [1.807, 2.05) is 18.2 Å². The minimum atomic E-state index is -0.422. The van der Waals surface area contributed by atoms with Crippen LogP contribution in [0.1, 0.15) is 58.1 Å². The molecule has 0 aromatic heterocycles. The molecule has 1 aromatic carbocycles. The van der Waals surface area contributed by atoms with Crippen LogP contribution in [0.4, 0.5) is 0 Å². The van der Waals surface area contributed by atoms with Crippen LogP contribution < -0.4 is 4.74 Å². The molecule has 1 aliphatic carbocycles. The van der Waals surface area contributed by atoms with Crippen LogP contribution in [0.25, 0.3) is 0 Å². The molecule has 3 heteroatoms. The molecule has 118 valence electrons. The zero-order chi connectivity index (χ0) is 15.6. The van der Waals surface area contributed by atoms with Gasteiger partial charge in [0.1, 0.15) is 5.75 Å². The van der Waals surface area contributed by atoms with Gasteiger partial charge < -0.3 is 9.84 Å². The quantitative estimate of drug-likeness (QED) is 0.828. The van der Waals surface area contributed by atoms with E-state index in [4.69, 9.17) is 16.3 Å². The predicted molar refractivity (Wildman–Crippen MR) is 87.9 cm³/mol. The second-order valence-corrected chi connectivity index (χ2v) is 7.72. The highest BCUT2D eigenvalue weighted by Gasteiger charge is 2.32. The van der Waals surface area contributed by atoms with E-state index in [-0.39, 0.29) is 0 Å². The van der Waals surface area contributed by atoms with E-state index in [0.717, 1.165) is 24.3 Å². The van der Waals surface area contributed by atoms with Gasteiger partial charge in [-0.05, 0) is 60.6 Å². The summed E-state index contributed by atoms with van der Waals surface area (Å²) in [4.78, 5) is 0. The van der Waals surface area contributed by atoms with Gasteiger partial charge in [0.2, 0.25) is 0 Å². The van der Waals surface area contributed by atoms with Crippen molar-refractivity contribution < 1.29 is 9.84 Å². The molecule has 1 aliphatic rings. The first kappa shape index (κ1) is 16.6. The first-order valence-corrected chi connectivity index (χ1v) is 8.22. The Morgan fingerprint density at radius 1 is 1.19 bits per heavy atom. The van der Waals surface area contributed by atoms with Crippen LogP contribution in [0.3, 0.4) is 0 Å². The van der Waals surface area contributed by atoms with Crippen LogP contribution in [0.5, 0.6) is 5.75 Å². The van der Waals surface area contributed by atoms with Gasteiger partial charge >= 0.3 is 0 Å². The standard InChI is InChI=1S/C18H27ClO2/c1-18(2,3)14-8-5-12(6-9-14)17(20)13-7-10-16(21-4)15(19)11-13/h7,10-12,14,17,20H,5-6,8-9H2,1-4H3. The van der Waals surface area contributed by atoms with E-state index in [1.165, 1.54) is 12.8 Å². The summed E-state index contributed by atoms with van der Waals surface area (Å²) in [5.74, 6) is 1.76. The lowest BCUT2D eigenvalue weighted by Crippen LogP contribution is -2.28. The van der Waals surface area contributed by atoms with Gasteiger partial charge in [0.05, 0.1) is 18.2 Å². The monoisotopic (exact) mass is 310 g/mol. The highest BCUT2D eigenvalue weighted by atomic mass is 35.5. The predicted octanol–water partition coefficient (Wildman–Crippen LogP) is 5.23. The molecule has 1 unspecified atom stereocenters. The summed E-state index contributed by atoms with van der Waals surface area (Å²) in [7, 11) is 1.60. The highest BCUT2D eigenvalue weighted by Crippen LogP contribution is 2.43. The summed E-state index contributed by atoms with van der Waals surface area (Å²) in [6, 6.07) is 5.59. The summed E-state index contributed by atoms with van der Waals surface area (Å²) in [5, 5.41) is 11.2. The second-order valence-electron chi connectivity index (χ2n) is 7.32. The Morgan fingerprint density at radius 2 is 1.81 bits per heavy atom. The number of aliphatic hydroxyl groups is 1. The fourth-order valence-corrected chi connectivity index (χ4v) is 3.71. The lowest BCUT2D eigenvalue weighted by Gasteiger charge is -2.38. The van der Waals surface area contributed by atoms with E-state index < -0.39 is 6.10 Å². The van der Waals surface area contributed by atoms with Crippen molar-refractivity contribution in [1.82, 2.24) is 0 Å². The average Bonchev–Trinajstić information content (AvgIpc) is 2.45. The van der Waals surface area contributed by atoms with Gasteiger partial charge in [-0.3, -0.25) is 0 Å². The first-order chi connectivity index (χ1) is 9.82. The Balaban J connectivity index is 2.02. The molecular weight excluding hydrogens is 284 g/mol. The molecule has 2 nitrogen and oxygen atoms in total. The van der Waals surface area contributed by atoms with Crippen molar-refractivity contribution in [3.8, 4) is 5.75 Å². The van der Waals surface area contributed by atoms with Crippen molar-refractivity contribution >= 4 is 11.6 Å². The number of hydrogen-bond acceptors (Lipinski definition) is 2. The third kappa shape index (κ3) is 3.92. The fraction of sp³-hybridized carbons (Fsp3) is 0.667. The number of ether oxygens (including phenoxy) is 1. The lowest BCUT2D eigenvalue weighted by atomic mass is 9.68. The molecule has 1 atom stereocenters. The molecule has 0 spiro atoms. The minimum absolute atomic E-state index is 0.341. The van der Waals surface area contributed by atoms with Crippen molar-refractivity contribution in [3.63, 3.8) is 0 Å². The van der Waals surface area contributed by atoms with E-state index in [9.17, 15) is 5.11 Å². The zero-order valence-corrected chi connectivity index (χ0v) is 14.3. The van der Waals surface area contributed by atoms with Crippen LogP contribution in [-0.2, 0) is 0 Å². The van der Waals surface area contributed by atoms with Crippen LogP contribution in [0, 0.1) is 17.3 Å². The topological polar surface area (TPSA) is 29.5 Å². The third-order valence-corrected chi connectivity index (χ3v) is 5.26. The van der Waals surface area contributed by atoms with Gasteiger partial charge in [-0.2, -0.15) is 0 Å². The maximum absolute atomic E-state index is 10.6. The molecule has 0 amide bonds. The van der Waals surface area contributed by atoms with Crippen LogP contribution >= 0.6 is 11.6 Å². The Kier molecular flexibility index (Phi) is 5.21. The normalized spacial score (nSPS) is 24.7. The van der Waals surface area contributed by atoms with Gasteiger partial charge in [0.25, 0.3) is 0 Å². The van der Waals surface area contributed by atoms with Crippen molar-refractivity contribution in [2.45, 2.75) is 52.6 Å². The SMILES string of the molecule is COc1ccc(C(O)C2CCC(C(C)(C)C)CC2)cc1Cl. The largest absolute Gasteiger partial charge is 0.495 e. The maximum Gasteiger partial charge on any atom is 0.137 e. The molecule has 0 radical (unpaired) electrons. The molecule has 1 N–H and O–H groups in total. The molecule has 2 rings (SSSR count). The number of benzene rings is 1. The van der Waals surface area contributed by atoms with Crippen LogP contribution in [-0.4, -0.2) is 12.2 Å². The van der Waals surface area contributed by atoms with Crippen molar-refractivity contribution in [2.75, 3.05) is 7.11 Å². The smallest absolute Gasteiger partial charge is 0.137 e. The summed E-state index contributed by atoms with van der Waals surface area (Å²) >= 11 is 6.16. The highest BCUT2D eigenvalue weighted by molar-refractivity contribution is 6.32. The summed E-state index contributed by atoms with van der Waals surface area (Å²) in [6.07, 6.45) is 4.17. The van der Waals surface area contributed by atoms with Crippen molar-refractivity contribution in [3.05, 3.63) is 28.8 Å². The van der Waals surface area contributed by atoms with Gasteiger partial charge in [0, 0.05) is 0 Å². The lowest BCUT2D eigenvalue weighted by molar-refractivity contribution is 0.0528. The van der Waals surface area contributed by atoms with Crippen LogP contribution in [0.2, 0.25) is 5.02 Å². The Hall–Kier alpha value is -0.730. The van der Waals surface area contributed by atoms with E-state index in [0.29, 0.717) is 22.1 Å². The third-order valence-electron chi connectivity index (χ3n) is 4.96. The van der Waals surface area contributed by atoms with Gasteiger partial charge in [-0.1, -0.05) is 38.4 Å². The molecule has 0 heterocycles. The summed E-state index contributed by atoms with van der Waals surface area (Å²) in [6.45, 7) is 6.95. The van der Waals surface area contributed by atoms with Gasteiger partial charge in [-0.25, -0.2) is 0 Å². The number of methoxy groups -OCH3 is 1. The molecule has 1 aromatic rings. The number of rotatable bonds is 3. The summed E-state index contributed by atoms with van der Waals surface area (Å²) in [5.41, 5.74) is 1.28. The molecule has 0 aliphatic heterocycles. The Bertz CT molecular complexity index is 471. The molecule has 1 fully saturated rings. The van der Waals surface area contributed by atoms with Crippen molar-refractivity contribution in [1.29, 1.82) is 0 Å². The second kappa shape index (κ2) is 6.58. The summed E-state index contributed by atoms with van der Waals surface area (Å²) < 4.78 is 5.16. The number of aliphatic hydroxyl groups excluding tert-OH is 1.